The molecule has 0 aliphatic heterocycles. The molecule has 0 saturated carbocycles. The van der Waals surface area contributed by atoms with Gasteiger partial charge in [-0.05, 0) is 127 Å². The van der Waals surface area contributed by atoms with Crippen LogP contribution in [0.4, 0.5) is 0 Å². The van der Waals surface area contributed by atoms with Crippen LogP contribution >= 0.6 is 68.0 Å². The predicted molar refractivity (Wildman–Crippen MR) is 255 cm³/mol. The molecule has 0 unspecified atom stereocenters. The van der Waals surface area contributed by atoms with Crippen LogP contribution in [-0.2, 0) is 0 Å². The highest BCUT2D eigenvalue weighted by Crippen LogP contribution is 2.50. The topological polar surface area (TPSA) is 0 Å². The molecule has 6 heteroatoms. The lowest BCUT2D eigenvalue weighted by Crippen LogP contribution is -1.80. The molecular formula is C50H26S6. The Morgan fingerprint density at radius 1 is 0.232 bits per heavy atom. The number of fused-ring (bicyclic) bond motifs is 12. The van der Waals surface area contributed by atoms with E-state index >= 15 is 0 Å². The quantitative estimate of drug-likeness (QED) is 0.166. The van der Waals surface area contributed by atoms with Crippen LogP contribution in [-0.4, -0.2) is 0 Å². The predicted octanol–water partition coefficient (Wildman–Crippen LogP) is 17.9. The van der Waals surface area contributed by atoms with Gasteiger partial charge >= 0.3 is 0 Å². The number of rotatable bonds is 4. The van der Waals surface area contributed by atoms with Gasteiger partial charge in [0.2, 0.25) is 0 Å². The van der Waals surface area contributed by atoms with Crippen molar-refractivity contribution in [3.05, 3.63) is 156 Å². The number of thiophene rings is 6. The van der Waals surface area contributed by atoms with E-state index in [0.29, 0.717) is 0 Å². The van der Waals surface area contributed by atoms with Gasteiger partial charge in [-0.2, -0.15) is 0 Å². The molecule has 0 bridgehead atoms. The summed E-state index contributed by atoms with van der Waals surface area (Å²) in [4.78, 5) is 0. The van der Waals surface area contributed by atoms with Crippen LogP contribution in [0.2, 0.25) is 0 Å². The van der Waals surface area contributed by atoms with E-state index in [0.717, 1.165) is 0 Å². The fourth-order valence-electron chi connectivity index (χ4n) is 8.37. The summed E-state index contributed by atoms with van der Waals surface area (Å²) in [6, 6.07) is 55.1. The zero-order valence-electron chi connectivity index (χ0n) is 29.5. The minimum atomic E-state index is 1.26. The average molecular weight is 819 g/mol. The van der Waals surface area contributed by atoms with Gasteiger partial charge in [-0.25, -0.2) is 0 Å². The molecule has 0 aliphatic carbocycles. The fourth-order valence-corrected chi connectivity index (χ4v) is 15.3. The fraction of sp³-hybridized carbons (Fsp3) is 0. The van der Waals surface area contributed by atoms with Crippen LogP contribution in [0, 0.1) is 0 Å². The molecular weight excluding hydrogens is 793 g/mol. The molecule has 6 aromatic heterocycles. The van der Waals surface area contributed by atoms with Crippen molar-refractivity contribution in [3.8, 4) is 44.5 Å². The summed E-state index contributed by atoms with van der Waals surface area (Å²) in [7, 11) is 0. The van der Waals surface area contributed by atoms with Crippen LogP contribution in [0.1, 0.15) is 0 Å². The SMILES string of the molecule is c1cc2cc(-c3ccc(-c4ccc5c(c4)sc4c6cc7sc8c9ccc(-c%10ccc(-c%11ccc%12sccc%12c%11)cc%10)cc9sc8c7cc6sc54)cc3)ccc2s1. The molecule has 0 fully saturated rings. The molecule has 0 atom stereocenters. The largest absolute Gasteiger partial charge is 0.144 e. The first kappa shape index (κ1) is 32.0. The Morgan fingerprint density at radius 2 is 0.554 bits per heavy atom. The first-order chi connectivity index (χ1) is 27.7. The maximum absolute atomic E-state index is 2.47. The van der Waals surface area contributed by atoms with E-state index in [1.54, 1.807) is 22.7 Å². The molecule has 13 rings (SSSR count). The van der Waals surface area contributed by atoms with Gasteiger partial charge in [-0.15, -0.1) is 68.0 Å². The van der Waals surface area contributed by atoms with Gasteiger partial charge in [-0.3, -0.25) is 0 Å². The van der Waals surface area contributed by atoms with Crippen LogP contribution in [0.3, 0.4) is 0 Å². The standard InChI is InChI=1S/C50H26S6/c1-5-29(6-2-27(1)31-11-15-41-35(21-31)17-19-51-41)33-9-13-37-43(23-33)53-49-39-25-46-40(26-45(39)55-47(37)49)50-48(56-46)38-14-10-34(24-44(38)54-50)30-7-3-28(4-8-30)32-12-16-42-36(22-32)18-20-52-42/h1-26H. The molecule has 6 heterocycles. The smallest absolute Gasteiger partial charge is 0.0542 e. The van der Waals surface area contributed by atoms with Crippen molar-refractivity contribution in [3.63, 3.8) is 0 Å². The number of hydrogen-bond acceptors (Lipinski definition) is 6. The van der Waals surface area contributed by atoms with E-state index in [1.807, 2.05) is 45.3 Å². The first-order valence-electron chi connectivity index (χ1n) is 18.5. The Kier molecular flexibility index (Phi) is 6.94. The highest BCUT2D eigenvalue weighted by Gasteiger charge is 2.18. The Bertz CT molecular complexity index is 3440. The Labute approximate surface area is 345 Å². The van der Waals surface area contributed by atoms with E-state index in [2.05, 4.69) is 156 Å². The summed E-state index contributed by atoms with van der Waals surface area (Å²) < 4.78 is 13.8. The Morgan fingerprint density at radius 3 is 0.964 bits per heavy atom. The summed E-state index contributed by atoms with van der Waals surface area (Å²) in [6.45, 7) is 0. The summed E-state index contributed by atoms with van der Waals surface area (Å²) >= 11 is 11.4. The number of hydrogen-bond donors (Lipinski definition) is 0. The molecule has 56 heavy (non-hydrogen) atoms. The first-order valence-corrected chi connectivity index (χ1v) is 23.5. The second-order valence-corrected chi connectivity index (χ2v) is 20.6. The molecule has 13 aromatic rings. The second kappa shape index (κ2) is 12.2. The van der Waals surface area contributed by atoms with E-state index in [-0.39, 0.29) is 0 Å². The number of benzene rings is 7. The van der Waals surface area contributed by atoms with Crippen molar-refractivity contribution in [2.24, 2.45) is 0 Å². The minimum absolute atomic E-state index is 1.26. The van der Waals surface area contributed by atoms with Crippen LogP contribution in [0.25, 0.3) is 124 Å². The zero-order valence-corrected chi connectivity index (χ0v) is 34.4. The lowest BCUT2D eigenvalue weighted by atomic mass is 9.99. The van der Waals surface area contributed by atoms with Gasteiger partial charge in [0.1, 0.15) is 0 Å². The van der Waals surface area contributed by atoms with Crippen molar-refractivity contribution in [1.29, 1.82) is 0 Å². The van der Waals surface area contributed by atoms with E-state index in [1.165, 1.54) is 124 Å². The molecule has 0 saturated heterocycles. The van der Waals surface area contributed by atoms with Gasteiger partial charge in [0.25, 0.3) is 0 Å². The molecule has 0 amide bonds. The van der Waals surface area contributed by atoms with Gasteiger partial charge in [0.15, 0.2) is 0 Å². The molecule has 0 radical (unpaired) electrons. The van der Waals surface area contributed by atoms with Crippen molar-refractivity contribution < 1.29 is 0 Å². The lowest BCUT2D eigenvalue weighted by molar-refractivity contribution is 1.63. The van der Waals surface area contributed by atoms with Gasteiger partial charge in [0.05, 0.1) is 18.8 Å². The highest BCUT2D eigenvalue weighted by atomic mass is 32.1. The van der Waals surface area contributed by atoms with Gasteiger partial charge in [-0.1, -0.05) is 84.9 Å². The van der Waals surface area contributed by atoms with E-state index in [9.17, 15) is 0 Å². The van der Waals surface area contributed by atoms with E-state index in [4.69, 9.17) is 0 Å². The molecule has 0 nitrogen and oxygen atoms in total. The molecule has 0 N–H and O–H groups in total. The van der Waals surface area contributed by atoms with Crippen molar-refractivity contribution >= 4 is 147 Å². The summed E-state index contributed by atoms with van der Waals surface area (Å²) in [5, 5.41) is 12.5. The van der Waals surface area contributed by atoms with Crippen LogP contribution in [0.15, 0.2) is 156 Å². The van der Waals surface area contributed by atoms with Gasteiger partial charge in [0, 0.05) is 49.7 Å². The maximum atomic E-state index is 2.47. The molecule has 0 spiro atoms. The lowest BCUT2D eigenvalue weighted by Gasteiger charge is -2.06. The van der Waals surface area contributed by atoms with Crippen molar-refractivity contribution in [1.82, 2.24) is 0 Å². The Hall–Kier alpha value is -5.18. The van der Waals surface area contributed by atoms with Gasteiger partial charge < -0.3 is 0 Å². The molecule has 0 aliphatic rings. The summed E-state index contributed by atoms with van der Waals surface area (Å²) in [5.41, 5.74) is 10.1. The second-order valence-electron chi connectivity index (χ2n) is 14.5. The van der Waals surface area contributed by atoms with E-state index < -0.39 is 0 Å². The normalized spacial score (nSPS) is 12.3. The van der Waals surface area contributed by atoms with Crippen LogP contribution in [0.5, 0.6) is 0 Å². The summed E-state index contributed by atoms with van der Waals surface area (Å²) in [5.74, 6) is 0. The third-order valence-electron chi connectivity index (χ3n) is 11.3. The average Bonchev–Trinajstić information content (AvgIpc) is 4.10. The monoisotopic (exact) mass is 818 g/mol. The Balaban J connectivity index is 0.827. The zero-order chi connectivity index (χ0) is 36.5. The van der Waals surface area contributed by atoms with Crippen molar-refractivity contribution in [2.45, 2.75) is 0 Å². The minimum Gasteiger partial charge on any atom is -0.144 e. The van der Waals surface area contributed by atoms with Crippen molar-refractivity contribution in [2.75, 3.05) is 0 Å². The molecule has 7 aromatic carbocycles. The third-order valence-corrected chi connectivity index (χ3v) is 18.1. The van der Waals surface area contributed by atoms with Crippen LogP contribution < -0.4 is 0 Å². The summed E-state index contributed by atoms with van der Waals surface area (Å²) in [6.07, 6.45) is 0. The maximum Gasteiger partial charge on any atom is 0.0542 e. The highest BCUT2D eigenvalue weighted by molar-refractivity contribution is 7.38. The molecule has 262 valence electrons. The third kappa shape index (κ3) is 4.91.